The highest BCUT2D eigenvalue weighted by atomic mass is 16.1. The molecule has 10 nitrogen and oxygen atoms in total. The zero-order chi connectivity index (χ0) is 14.8. The summed E-state index contributed by atoms with van der Waals surface area (Å²) in [7, 11) is 0. The van der Waals surface area contributed by atoms with Crippen molar-refractivity contribution in [3.63, 3.8) is 0 Å². The van der Waals surface area contributed by atoms with E-state index >= 15 is 0 Å². The zero-order valence-corrected chi connectivity index (χ0v) is 11.3. The van der Waals surface area contributed by atoms with Crippen LogP contribution in [0.4, 0.5) is 11.9 Å². The first-order chi connectivity index (χ1) is 10.1. The van der Waals surface area contributed by atoms with Gasteiger partial charge < -0.3 is 16.4 Å². The molecule has 0 radical (unpaired) electrons. The number of carbonyl (C=O) groups is 1. The second-order valence-corrected chi connectivity index (χ2v) is 4.74. The van der Waals surface area contributed by atoms with E-state index in [0.717, 1.165) is 12.8 Å². The number of hydrogen-bond acceptors (Lipinski definition) is 8. The van der Waals surface area contributed by atoms with Crippen LogP contribution in [-0.4, -0.2) is 48.2 Å². The van der Waals surface area contributed by atoms with Crippen molar-refractivity contribution in [1.82, 2.24) is 29.7 Å². The van der Waals surface area contributed by atoms with Crippen molar-refractivity contribution in [3.8, 4) is 5.95 Å². The number of nitrogens with two attached hydrogens (primary N) is 2. The molecule has 10 heteroatoms. The third-order valence-corrected chi connectivity index (χ3v) is 3.34. The minimum Gasteiger partial charge on any atom is -0.368 e. The third kappa shape index (κ3) is 2.59. The number of rotatable bonds is 3. The second-order valence-electron chi connectivity index (χ2n) is 4.74. The molecule has 1 aliphatic heterocycles. The maximum Gasteiger partial charge on any atom is 0.258 e. The summed E-state index contributed by atoms with van der Waals surface area (Å²) in [6.45, 7) is 0.647. The average Bonchev–Trinajstić information content (AvgIpc) is 3.01. The normalized spacial score (nSPS) is 18.7. The molecule has 3 rings (SSSR count). The molecule has 1 fully saturated rings. The highest BCUT2D eigenvalue weighted by Gasteiger charge is 2.29. The van der Waals surface area contributed by atoms with E-state index in [9.17, 15) is 4.79 Å². The second kappa shape index (κ2) is 5.31. The first-order valence-electron chi connectivity index (χ1n) is 6.57. The zero-order valence-electron chi connectivity index (χ0n) is 11.3. The lowest BCUT2D eigenvalue weighted by molar-refractivity contribution is -0.119. The molecule has 0 aromatic carbocycles. The molecule has 1 aliphatic rings. The van der Waals surface area contributed by atoms with E-state index in [2.05, 4.69) is 25.0 Å². The van der Waals surface area contributed by atoms with Gasteiger partial charge in [0.25, 0.3) is 5.95 Å². The molecular formula is C11H15N9O. The number of aromatic nitrogens is 6. The van der Waals surface area contributed by atoms with Crippen LogP contribution < -0.4 is 16.4 Å². The Morgan fingerprint density at radius 2 is 2.05 bits per heavy atom. The fraction of sp³-hybridized carbons (Fsp3) is 0.455. The van der Waals surface area contributed by atoms with E-state index in [4.69, 9.17) is 11.5 Å². The van der Waals surface area contributed by atoms with Crippen molar-refractivity contribution in [1.29, 1.82) is 0 Å². The molecule has 2 aromatic rings. The summed E-state index contributed by atoms with van der Waals surface area (Å²) in [5.74, 6) is 0.246. The van der Waals surface area contributed by atoms with E-state index in [1.165, 1.54) is 17.3 Å². The summed E-state index contributed by atoms with van der Waals surface area (Å²) < 4.78 is 1.38. The summed E-state index contributed by atoms with van der Waals surface area (Å²) in [6.07, 6.45) is 5.39. The van der Waals surface area contributed by atoms with Crippen molar-refractivity contribution < 1.29 is 4.79 Å². The molecule has 0 spiro atoms. The highest BCUT2D eigenvalue weighted by molar-refractivity contribution is 5.83. The monoisotopic (exact) mass is 289 g/mol. The Kier molecular flexibility index (Phi) is 3.34. The van der Waals surface area contributed by atoms with Crippen LogP contribution in [0.2, 0.25) is 0 Å². The van der Waals surface area contributed by atoms with E-state index in [0.29, 0.717) is 18.9 Å². The van der Waals surface area contributed by atoms with Gasteiger partial charge in [0, 0.05) is 6.54 Å². The summed E-state index contributed by atoms with van der Waals surface area (Å²) >= 11 is 0. The predicted octanol–water partition coefficient (Wildman–Crippen LogP) is -1.12. The number of carbonyl (C=O) groups excluding carboxylic acids is 1. The molecule has 1 amide bonds. The van der Waals surface area contributed by atoms with Gasteiger partial charge in [-0.2, -0.15) is 24.7 Å². The van der Waals surface area contributed by atoms with Crippen LogP contribution >= 0.6 is 0 Å². The van der Waals surface area contributed by atoms with Crippen LogP contribution in [0, 0.1) is 0 Å². The summed E-state index contributed by atoms with van der Waals surface area (Å²) in [5, 5.41) is 3.96. The maximum absolute atomic E-state index is 11.6. The first kappa shape index (κ1) is 13.2. The lowest BCUT2D eigenvalue weighted by Crippen LogP contribution is -2.48. The van der Waals surface area contributed by atoms with Crippen molar-refractivity contribution in [3.05, 3.63) is 12.7 Å². The fourth-order valence-corrected chi connectivity index (χ4v) is 2.38. The summed E-state index contributed by atoms with van der Waals surface area (Å²) in [5.41, 5.74) is 11.2. The Hall–Kier alpha value is -2.78. The SMILES string of the molecule is NC(=O)C1CCCCN1c1nc(N)nc(-n2cncn2)n1. The quantitative estimate of drug-likeness (QED) is 0.723. The molecule has 3 heterocycles. The molecule has 0 aliphatic carbocycles. The Morgan fingerprint density at radius 1 is 1.24 bits per heavy atom. The minimum absolute atomic E-state index is 0.0549. The van der Waals surface area contributed by atoms with E-state index < -0.39 is 11.9 Å². The van der Waals surface area contributed by atoms with Crippen LogP contribution in [0.25, 0.3) is 5.95 Å². The van der Waals surface area contributed by atoms with Crippen LogP contribution in [-0.2, 0) is 4.79 Å². The standard InChI is InChI=1S/C11H15N9O/c12-8(21)7-3-1-2-4-19(7)10-16-9(13)17-11(18-10)20-6-14-5-15-20/h5-7H,1-4H2,(H2,12,21)(H2,13,16,17,18). The van der Waals surface area contributed by atoms with Crippen molar-refractivity contribution in [2.45, 2.75) is 25.3 Å². The summed E-state index contributed by atoms with van der Waals surface area (Å²) in [4.78, 5) is 29.6. The van der Waals surface area contributed by atoms with Gasteiger partial charge in [0.15, 0.2) is 0 Å². The van der Waals surface area contributed by atoms with Crippen LogP contribution in [0.5, 0.6) is 0 Å². The number of anilines is 2. The van der Waals surface area contributed by atoms with Gasteiger partial charge in [-0.1, -0.05) is 0 Å². The molecule has 0 saturated carbocycles. The number of piperidine rings is 1. The van der Waals surface area contributed by atoms with Gasteiger partial charge in [0.05, 0.1) is 0 Å². The van der Waals surface area contributed by atoms with Gasteiger partial charge in [-0.15, -0.1) is 0 Å². The highest BCUT2D eigenvalue weighted by Crippen LogP contribution is 2.22. The largest absolute Gasteiger partial charge is 0.368 e. The molecule has 110 valence electrons. The number of primary amides is 1. The maximum atomic E-state index is 11.6. The predicted molar refractivity (Wildman–Crippen MR) is 73.3 cm³/mol. The molecule has 1 saturated heterocycles. The van der Waals surface area contributed by atoms with E-state index in [1.807, 2.05) is 0 Å². The Balaban J connectivity index is 1.99. The van der Waals surface area contributed by atoms with Gasteiger partial charge in [0.2, 0.25) is 17.8 Å². The molecule has 4 N–H and O–H groups in total. The molecule has 2 aromatic heterocycles. The number of hydrogen-bond donors (Lipinski definition) is 2. The Morgan fingerprint density at radius 3 is 2.76 bits per heavy atom. The average molecular weight is 289 g/mol. The number of amides is 1. The number of nitrogen functional groups attached to an aromatic ring is 1. The van der Waals surface area contributed by atoms with Crippen molar-refractivity contribution in [2.24, 2.45) is 5.73 Å². The smallest absolute Gasteiger partial charge is 0.258 e. The Labute approximate surface area is 120 Å². The first-order valence-corrected chi connectivity index (χ1v) is 6.57. The van der Waals surface area contributed by atoms with E-state index in [1.54, 1.807) is 4.90 Å². The Bertz CT molecular complexity index is 641. The van der Waals surface area contributed by atoms with Crippen LogP contribution in [0.1, 0.15) is 19.3 Å². The molecule has 21 heavy (non-hydrogen) atoms. The topological polar surface area (TPSA) is 142 Å². The third-order valence-electron chi connectivity index (χ3n) is 3.34. The van der Waals surface area contributed by atoms with Gasteiger partial charge in [-0.3, -0.25) is 4.79 Å². The minimum atomic E-state index is -0.427. The van der Waals surface area contributed by atoms with Crippen LogP contribution in [0.15, 0.2) is 12.7 Å². The van der Waals surface area contributed by atoms with Gasteiger partial charge in [-0.25, -0.2) is 4.98 Å². The van der Waals surface area contributed by atoms with Gasteiger partial charge in [0.1, 0.15) is 18.7 Å². The van der Waals surface area contributed by atoms with Gasteiger partial charge >= 0.3 is 0 Å². The lowest BCUT2D eigenvalue weighted by atomic mass is 10.0. The summed E-state index contributed by atoms with van der Waals surface area (Å²) in [6, 6.07) is -0.427. The van der Waals surface area contributed by atoms with Crippen molar-refractivity contribution >= 4 is 17.8 Å². The lowest BCUT2D eigenvalue weighted by Gasteiger charge is -2.33. The molecule has 0 bridgehead atoms. The molecular weight excluding hydrogens is 274 g/mol. The number of nitrogens with zero attached hydrogens (tertiary/aromatic N) is 7. The van der Waals surface area contributed by atoms with Crippen LogP contribution in [0.3, 0.4) is 0 Å². The van der Waals surface area contributed by atoms with Gasteiger partial charge in [-0.05, 0) is 19.3 Å². The molecule has 1 unspecified atom stereocenters. The van der Waals surface area contributed by atoms with E-state index in [-0.39, 0.29) is 11.9 Å². The fourth-order valence-electron chi connectivity index (χ4n) is 2.38. The van der Waals surface area contributed by atoms with Crippen molar-refractivity contribution in [2.75, 3.05) is 17.2 Å². The molecule has 1 atom stereocenters.